The summed E-state index contributed by atoms with van der Waals surface area (Å²) >= 11 is 4.22. The van der Waals surface area contributed by atoms with Crippen LogP contribution in [0, 0.1) is 19.8 Å². The Morgan fingerprint density at radius 2 is 2.00 bits per heavy atom. The van der Waals surface area contributed by atoms with Crippen LogP contribution in [0.3, 0.4) is 0 Å². The summed E-state index contributed by atoms with van der Waals surface area (Å²) in [6.07, 6.45) is 0. The second-order valence-electron chi connectivity index (χ2n) is 3.84. The van der Waals surface area contributed by atoms with Crippen molar-refractivity contribution in [2.45, 2.75) is 20.8 Å². The molecule has 1 nitrogen and oxygen atoms in total. The Labute approximate surface area is 91.9 Å². The van der Waals surface area contributed by atoms with Crippen molar-refractivity contribution < 1.29 is 4.74 Å². The Kier molecular flexibility index (Phi) is 4.33. The zero-order valence-corrected chi connectivity index (χ0v) is 9.97. The van der Waals surface area contributed by atoms with Gasteiger partial charge in [0.15, 0.2) is 0 Å². The topological polar surface area (TPSA) is 9.23 Å². The molecule has 0 aliphatic rings. The van der Waals surface area contributed by atoms with Gasteiger partial charge >= 0.3 is 0 Å². The minimum Gasteiger partial charge on any atom is -0.493 e. The molecule has 0 bridgehead atoms. The van der Waals surface area contributed by atoms with Crippen molar-refractivity contribution in [2.75, 3.05) is 12.4 Å². The van der Waals surface area contributed by atoms with Crippen molar-refractivity contribution in [3.05, 3.63) is 29.3 Å². The Morgan fingerprint density at radius 3 is 2.57 bits per heavy atom. The Hall–Kier alpha value is -0.630. The lowest BCUT2D eigenvalue weighted by atomic mass is 10.1. The fraction of sp³-hybridized carbons (Fsp3) is 0.500. The Balaban J connectivity index is 2.55. The second-order valence-corrected chi connectivity index (χ2v) is 4.21. The summed E-state index contributed by atoms with van der Waals surface area (Å²) in [6, 6.07) is 6.20. The van der Waals surface area contributed by atoms with Gasteiger partial charge in [-0.25, -0.2) is 0 Å². The van der Waals surface area contributed by atoms with E-state index >= 15 is 0 Å². The summed E-state index contributed by atoms with van der Waals surface area (Å²) < 4.78 is 5.65. The van der Waals surface area contributed by atoms with Gasteiger partial charge in [-0.1, -0.05) is 13.0 Å². The monoisotopic (exact) mass is 210 g/mol. The van der Waals surface area contributed by atoms with Crippen LogP contribution in [0.1, 0.15) is 18.1 Å². The number of benzene rings is 1. The average molecular weight is 210 g/mol. The summed E-state index contributed by atoms with van der Waals surface area (Å²) in [5.74, 6) is 2.33. The molecule has 0 heterocycles. The molecule has 0 aliphatic carbocycles. The number of aryl methyl sites for hydroxylation is 2. The fourth-order valence-corrected chi connectivity index (χ4v) is 1.20. The zero-order valence-electron chi connectivity index (χ0n) is 9.08. The minimum absolute atomic E-state index is 0.500. The second kappa shape index (κ2) is 5.30. The first kappa shape index (κ1) is 11.4. The predicted molar refractivity (Wildman–Crippen MR) is 64.4 cm³/mol. The van der Waals surface area contributed by atoms with E-state index in [2.05, 4.69) is 45.5 Å². The quantitative estimate of drug-likeness (QED) is 0.751. The van der Waals surface area contributed by atoms with Crippen LogP contribution in [0.15, 0.2) is 18.2 Å². The molecule has 0 radical (unpaired) electrons. The normalized spacial score (nSPS) is 12.6. The van der Waals surface area contributed by atoms with E-state index in [1.807, 2.05) is 6.07 Å². The van der Waals surface area contributed by atoms with Gasteiger partial charge in [0.05, 0.1) is 6.61 Å². The maximum atomic E-state index is 5.65. The van der Waals surface area contributed by atoms with Crippen LogP contribution in [-0.2, 0) is 0 Å². The van der Waals surface area contributed by atoms with Crippen LogP contribution in [0.4, 0.5) is 0 Å². The van der Waals surface area contributed by atoms with Crippen LogP contribution in [0.2, 0.25) is 0 Å². The van der Waals surface area contributed by atoms with Gasteiger partial charge in [-0.05, 0) is 48.8 Å². The Bertz CT molecular complexity index is 296. The van der Waals surface area contributed by atoms with Gasteiger partial charge in [0, 0.05) is 0 Å². The molecule has 0 spiro atoms. The summed E-state index contributed by atoms with van der Waals surface area (Å²) in [7, 11) is 0. The molecular weight excluding hydrogens is 192 g/mol. The number of hydrogen-bond donors (Lipinski definition) is 1. The highest BCUT2D eigenvalue weighted by Gasteiger charge is 2.01. The number of rotatable bonds is 4. The first-order valence-electron chi connectivity index (χ1n) is 4.94. The van der Waals surface area contributed by atoms with Gasteiger partial charge < -0.3 is 4.74 Å². The molecule has 1 atom stereocenters. The first-order chi connectivity index (χ1) is 6.63. The lowest BCUT2D eigenvalue weighted by Crippen LogP contribution is -2.09. The maximum absolute atomic E-state index is 5.65. The molecule has 2 heteroatoms. The molecule has 1 aromatic carbocycles. The zero-order chi connectivity index (χ0) is 10.6. The highest BCUT2D eigenvalue weighted by atomic mass is 32.1. The lowest BCUT2D eigenvalue weighted by molar-refractivity contribution is 0.273. The van der Waals surface area contributed by atoms with Gasteiger partial charge in [-0.2, -0.15) is 12.6 Å². The van der Waals surface area contributed by atoms with Gasteiger partial charge in [0.25, 0.3) is 0 Å². The third kappa shape index (κ3) is 3.26. The predicted octanol–water partition coefficient (Wildman–Crippen LogP) is 3.25. The first-order valence-corrected chi connectivity index (χ1v) is 5.57. The highest BCUT2D eigenvalue weighted by molar-refractivity contribution is 7.80. The summed E-state index contributed by atoms with van der Waals surface area (Å²) in [5.41, 5.74) is 2.58. The van der Waals surface area contributed by atoms with E-state index in [1.54, 1.807) is 0 Å². The third-order valence-electron chi connectivity index (χ3n) is 2.32. The van der Waals surface area contributed by atoms with E-state index in [4.69, 9.17) is 4.74 Å². The molecule has 0 aliphatic heterocycles. The largest absolute Gasteiger partial charge is 0.493 e. The molecule has 0 N–H and O–H groups in total. The van der Waals surface area contributed by atoms with Crippen molar-refractivity contribution in [1.29, 1.82) is 0 Å². The molecular formula is C12H18OS. The van der Waals surface area contributed by atoms with Gasteiger partial charge in [0.2, 0.25) is 0 Å². The standard InChI is InChI=1S/C12H18OS/c1-9(8-14)7-13-12-5-4-10(2)11(3)6-12/h4-6,9,14H,7-8H2,1-3H3. The van der Waals surface area contributed by atoms with E-state index in [9.17, 15) is 0 Å². The van der Waals surface area contributed by atoms with E-state index in [0.29, 0.717) is 5.92 Å². The highest BCUT2D eigenvalue weighted by Crippen LogP contribution is 2.17. The van der Waals surface area contributed by atoms with E-state index in [1.165, 1.54) is 11.1 Å². The van der Waals surface area contributed by atoms with Crippen LogP contribution >= 0.6 is 12.6 Å². The minimum atomic E-state index is 0.500. The third-order valence-corrected chi connectivity index (χ3v) is 2.95. The number of hydrogen-bond acceptors (Lipinski definition) is 2. The Morgan fingerprint density at radius 1 is 1.29 bits per heavy atom. The van der Waals surface area contributed by atoms with E-state index < -0.39 is 0 Å². The van der Waals surface area contributed by atoms with Crippen molar-refractivity contribution in [3.63, 3.8) is 0 Å². The summed E-state index contributed by atoms with van der Waals surface area (Å²) in [5, 5.41) is 0. The molecule has 78 valence electrons. The molecule has 14 heavy (non-hydrogen) atoms. The molecule has 0 aromatic heterocycles. The SMILES string of the molecule is Cc1ccc(OCC(C)CS)cc1C. The maximum Gasteiger partial charge on any atom is 0.119 e. The van der Waals surface area contributed by atoms with Crippen molar-refractivity contribution in [2.24, 2.45) is 5.92 Å². The van der Waals surface area contributed by atoms with Gasteiger partial charge in [-0.15, -0.1) is 0 Å². The average Bonchev–Trinajstić information content (AvgIpc) is 2.19. The van der Waals surface area contributed by atoms with Crippen LogP contribution in [0.5, 0.6) is 5.75 Å². The van der Waals surface area contributed by atoms with Crippen molar-refractivity contribution in [3.8, 4) is 5.75 Å². The van der Waals surface area contributed by atoms with Gasteiger partial charge in [-0.3, -0.25) is 0 Å². The smallest absolute Gasteiger partial charge is 0.119 e. The molecule has 0 saturated carbocycles. The molecule has 0 amide bonds. The molecule has 1 aromatic rings. The van der Waals surface area contributed by atoms with Crippen molar-refractivity contribution in [1.82, 2.24) is 0 Å². The van der Waals surface area contributed by atoms with Crippen LogP contribution in [0.25, 0.3) is 0 Å². The molecule has 0 fully saturated rings. The van der Waals surface area contributed by atoms with E-state index in [0.717, 1.165) is 18.1 Å². The molecule has 1 unspecified atom stereocenters. The summed E-state index contributed by atoms with van der Waals surface area (Å²) in [4.78, 5) is 0. The number of ether oxygens (including phenoxy) is 1. The molecule has 0 saturated heterocycles. The van der Waals surface area contributed by atoms with Crippen molar-refractivity contribution >= 4 is 12.6 Å². The lowest BCUT2D eigenvalue weighted by Gasteiger charge is -2.11. The van der Waals surface area contributed by atoms with E-state index in [-0.39, 0.29) is 0 Å². The number of thiol groups is 1. The molecule has 1 rings (SSSR count). The van der Waals surface area contributed by atoms with Crippen LogP contribution < -0.4 is 4.74 Å². The summed E-state index contributed by atoms with van der Waals surface area (Å²) in [6.45, 7) is 7.08. The van der Waals surface area contributed by atoms with Gasteiger partial charge in [0.1, 0.15) is 5.75 Å². The fourth-order valence-electron chi connectivity index (χ4n) is 1.09. The van der Waals surface area contributed by atoms with Crippen LogP contribution in [-0.4, -0.2) is 12.4 Å².